The number of anilines is 2. The topological polar surface area (TPSA) is 67.1 Å². The molecule has 4 nitrogen and oxygen atoms in total. The lowest BCUT2D eigenvalue weighted by Gasteiger charge is -2.09. The molecule has 0 aliphatic carbocycles. The first-order chi connectivity index (χ1) is 8.70. The summed E-state index contributed by atoms with van der Waals surface area (Å²) in [5.41, 5.74) is 3.92. The molecule has 92 valence electrons. The molecule has 0 aliphatic rings. The molecule has 0 saturated carbocycles. The van der Waals surface area contributed by atoms with Crippen molar-refractivity contribution >= 4 is 17.3 Å². The number of nitrogen functional groups attached to an aromatic ring is 1. The molecular weight excluding hydrogens is 233 g/mol. The van der Waals surface area contributed by atoms with E-state index < -0.39 is 0 Å². The van der Waals surface area contributed by atoms with Gasteiger partial charge in [0.1, 0.15) is 5.82 Å². The normalized spacial score (nSPS) is 9.89. The average molecular weight is 245 g/mol. The van der Waals surface area contributed by atoms with E-state index >= 15 is 0 Å². The molecule has 18 heavy (non-hydrogen) atoms. The van der Waals surface area contributed by atoms with Gasteiger partial charge in [-0.2, -0.15) is 0 Å². The van der Waals surface area contributed by atoms with Crippen LogP contribution in [-0.2, 0) is 0 Å². The molecule has 4 N–H and O–H groups in total. The van der Waals surface area contributed by atoms with Gasteiger partial charge in [0.2, 0.25) is 0 Å². The van der Waals surface area contributed by atoms with Gasteiger partial charge in [0, 0.05) is 5.69 Å². The van der Waals surface area contributed by atoms with Crippen LogP contribution in [0.2, 0.25) is 0 Å². The number of hydrogen-bond acceptors (Lipinski definition) is 3. The zero-order valence-corrected chi connectivity index (χ0v) is 9.48. The summed E-state index contributed by atoms with van der Waals surface area (Å²) in [6.07, 6.45) is 0. The predicted octanol–water partition coefficient (Wildman–Crippen LogP) is 2.36. The highest BCUT2D eigenvalue weighted by molar-refractivity contribution is 6.07. The van der Waals surface area contributed by atoms with Crippen LogP contribution in [0.3, 0.4) is 0 Å². The first-order valence-electron chi connectivity index (χ1n) is 5.33. The van der Waals surface area contributed by atoms with Crippen LogP contribution in [0.4, 0.5) is 15.8 Å². The summed E-state index contributed by atoms with van der Waals surface area (Å²) in [4.78, 5) is 12.0. The van der Waals surface area contributed by atoms with Gasteiger partial charge < -0.3 is 10.7 Å². The van der Waals surface area contributed by atoms with Crippen LogP contribution in [0.5, 0.6) is 0 Å². The van der Waals surface area contributed by atoms with Crippen molar-refractivity contribution < 1.29 is 9.18 Å². The SMILES string of the molecule is NNc1ccccc1C(=O)Nc1ccc(F)cc1. The van der Waals surface area contributed by atoms with Crippen LogP contribution in [-0.4, -0.2) is 5.91 Å². The fraction of sp³-hybridized carbons (Fsp3) is 0. The van der Waals surface area contributed by atoms with E-state index in [1.165, 1.54) is 24.3 Å². The zero-order valence-electron chi connectivity index (χ0n) is 9.48. The smallest absolute Gasteiger partial charge is 0.257 e. The number of carbonyl (C=O) groups excluding carboxylic acids is 1. The summed E-state index contributed by atoms with van der Waals surface area (Å²) in [6.45, 7) is 0. The van der Waals surface area contributed by atoms with Crippen LogP contribution in [0, 0.1) is 5.82 Å². The van der Waals surface area contributed by atoms with Crippen LogP contribution in [0.1, 0.15) is 10.4 Å². The lowest BCUT2D eigenvalue weighted by molar-refractivity contribution is 0.102. The van der Waals surface area contributed by atoms with E-state index in [4.69, 9.17) is 5.84 Å². The number of hydrogen-bond donors (Lipinski definition) is 3. The number of nitrogens with one attached hydrogen (secondary N) is 2. The van der Waals surface area contributed by atoms with Gasteiger partial charge in [0.25, 0.3) is 5.91 Å². The largest absolute Gasteiger partial charge is 0.323 e. The maximum Gasteiger partial charge on any atom is 0.257 e. The Balaban J connectivity index is 2.19. The minimum Gasteiger partial charge on any atom is -0.323 e. The van der Waals surface area contributed by atoms with Gasteiger partial charge in [0.15, 0.2) is 0 Å². The molecule has 0 fully saturated rings. The van der Waals surface area contributed by atoms with E-state index in [-0.39, 0.29) is 11.7 Å². The molecule has 0 atom stereocenters. The average Bonchev–Trinajstić information content (AvgIpc) is 2.41. The highest BCUT2D eigenvalue weighted by Gasteiger charge is 2.10. The van der Waals surface area contributed by atoms with Crippen molar-refractivity contribution in [3.05, 3.63) is 59.9 Å². The molecule has 2 aromatic rings. The molecule has 0 bridgehead atoms. The third kappa shape index (κ3) is 2.64. The Morgan fingerprint density at radius 2 is 1.72 bits per heavy atom. The molecule has 2 rings (SSSR count). The maximum absolute atomic E-state index is 12.7. The van der Waals surface area contributed by atoms with Gasteiger partial charge >= 0.3 is 0 Å². The predicted molar refractivity (Wildman–Crippen MR) is 68.6 cm³/mol. The Morgan fingerprint density at radius 3 is 2.39 bits per heavy atom. The van der Waals surface area contributed by atoms with Crippen LogP contribution >= 0.6 is 0 Å². The number of rotatable bonds is 3. The molecule has 0 unspecified atom stereocenters. The van der Waals surface area contributed by atoms with E-state index in [1.807, 2.05) is 0 Å². The second-order valence-electron chi connectivity index (χ2n) is 3.65. The van der Waals surface area contributed by atoms with E-state index in [9.17, 15) is 9.18 Å². The fourth-order valence-corrected chi connectivity index (χ4v) is 1.54. The Morgan fingerprint density at radius 1 is 1.06 bits per heavy atom. The summed E-state index contributed by atoms with van der Waals surface area (Å²) >= 11 is 0. The van der Waals surface area contributed by atoms with Crippen molar-refractivity contribution in [2.24, 2.45) is 5.84 Å². The highest BCUT2D eigenvalue weighted by atomic mass is 19.1. The number of halogens is 1. The first-order valence-corrected chi connectivity index (χ1v) is 5.33. The zero-order chi connectivity index (χ0) is 13.0. The Hall–Kier alpha value is -2.40. The van der Waals surface area contributed by atoms with E-state index in [0.717, 1.165) is 0 Å². The van der Waals surface area contributed by atoms with E-state index in [1.54, 1.807) is 24.3 Å². The van der Waals surface area contributed by atoms with Gasteiger partial charge in [-0.15, -0.1) is 0 Å². The lowest BCUT2D eigenvalue weighted by Crippen LogP contribution is -2.17. The number of benzene rings is 2. The van der Waals surface area contributed by atoms with Crippen LogP contribution < -0.4 is 16.6 Å². The lowest BCUT2D eigenvalue weighted by atomic mass is 10.1. The third-order valence-corrected chi connectivity index (χ3v) is 2.43. The minimum atomic E-state index is -0.350. The molecule has 0 aromatic heterocycles. The molecule has 5 heteroatoms. The molecule has 0 spiro atoms. The van der Waals surface area contributed by atoms with Gasteiger partial charge in [-0.05, 0) is 36.4 Å². The first kappa shape index (κ1) is 12.1. The molecule has 0 heterocycles. The molecule has 2 aromatic carbocycles. The van der Waals surface area contributed by atoms with Gasteiger partial charge in [-0.3, -0.25) is 10.6 Å². The Bertz CT molecular complexity index is 554. The second-order valence-corrected chi connectivity index (χ2v) is 3.65. The van der Waals surface area contributed by atoms with Gasteiger partial charge in [0.05, 0.1) is 11.3 Å². The van der Waals surface area contributed by atoms with Gasteiger partial charge in [-0.25, -0.2) is 4.39 Å². The van der Waals surface area contributed by atoms with Crippen molar-refractivity contribution in [1.29, 1.82) is 0 Å². The van der Waals surface area contributed by atoms with Crippen LogP contribution in [0.25, 0.3) is 0 Å². The standard InChI is InChI=1S/C13H12FN3O/c14-9-5-7-10(8-6-9)16-13(18)11-3-1-2-4-12(11)17-15/h1-8,17H,15H2,(H,16,18). The number of amides is 1. The summed E-state index contributed by atoms with van der Waals surface area (Å²) in [5, 5.41) is 2.66. The number of nitrogens with two attached hydrogens (primary N) is 1. The fourth-order valence-electron chi connectivity index (χ4n) is 1.54. The van der Waals surface area contributed by atoms with Gasteiger partial charge in [-0.1, -0.05) is 12.1 Å². The van der Waals surface area contributed by atoms with Crippen molar-refractivity contribution in [3.63, 3.8) is 0 Å². The molecule has 1 amide bonds. The minimum absolute atomic E-state index is 0.310. The Labute approximate surface area is 104 Å². The summed E-state index contributed by atoms with van der Waals surface area (Å²) < 4.78 is 12.7. The van der Waals surface area contributed by atoms with Crippen molar-refractivity contribution in [3.8, 4) is 0 Å². The molecular formula is C13H12FN3O. The summed E-state index contributed by atoms with van der Waals surface area (Å²) in [6, 6.07) is 12.4. The van der Waals surface area contributed by atoms with Crippen molar-refractivity contribution in [1.82, 2.24) is 0 Å². The summed E-state index contributed by atoms with van der Waals surface area (Å²) in [5.74, 6) is 4.66. The second kappa shape index (κ2) is 5.29. The molecule has 0 aliphatic heterocycles. The monoisotopic (exact) mass is 245 g/mol. The highest BCUT2D eigenvalue weighted by Crippen LogP contribution is 2.16. The van der Waals surface area contributed by atoms with Crippen LogP contribution in [0.15, 0.2) is 48.5 Å². The third-order valence-electron chi connectivity index (χ3n) is 2.43. The quantitative estimate of drug-likeness (QED) is 0.574. The maximum atomic E-state index is 12.7. The Kier molecular flexibility index (Phi) is 3.54. The van der Waals surface area contributed by atoms with Crippen molar-refractivity contribution in [2.75, 3.05) is 10.7 Å². The number of carbonyl (C=O) groups is 1. The van der Waals surface area contributed by atoms with E-state index in [0.29, 0.717) is 16.9 Å². The van der Waals surface area contributed by atoms with Crippen molar-refractivity contribution in [2.45, 2.75) is 0 Å². The summed E-state index contributed by atoms with van der Waals surface area (Å²) in [7, 11) is 0. The number of hydrazine groups is 1. The number of para-hydroxylation sites is 1. The molecule has 0 saturated heterocycles. The molecule has 0 radical (unpaired) electrons. The van der Waals surface area contributed by atoms with E-state index in [2.05, 4.69) is 10.7 Å².